The molecule has 2 aliphatic heterocycles. The van der Waals surface area contributed by atoms with Gasteiger partial charge in [-0.25, -0.2) is 4.68 Å². The number of fused-ring (bicyclic) bond motifs is 1. The lowest BCUT2D eigenvalue weighted by Gasteiger charge is -2.17. The SMILES string of the molecule is Cl.O=C(c1ccc(-n2nc(C(F)(F)F)c3c2CNCC3)cc1)N1CCCC1. The molecule has 0 unspecified atom stereocenters. The fraction of sp³-hybridized carbons (Fsp3) is 0.444. The molecule has 1 N–H and O–H groups in total. The number of nitrogens with one attached hydrogen (secondary N) is 1. The maximum Gasteiger partial charge on any atom is 0.435 e. The standard InChI is InChI=1S/C18H19F3N4O.ClH/c19-18(20,21)16-14-7-8-22-11-15(14)25(23-16)13-5-3-12(4-6-13)17(26)24-9-1-2-10-24;/h3-6,22H,1-2,7-11H2;1H. The highest BCUT2D eigenvalue weighted by Gasteiger charge is 2.39. The number of hydrogen-bond acceptors (Lipinski definition) is 3. The van der Waals surface area contributed by atoms with Gasteiger partial charge < -0.3 is 10.2 Å². The van der Waals surface area contributed by atoms with Crippen LogP contribution in [0.5, 0.6) is 0 Å². The molecule has 1 fully saturated rings. The highest BCUT2D eigenvalue weighted by atomic mass is 35.5. The molecular weight excluding hydrogens is 381 g/mol. The summed E-state index contributed by atoms with van der Waals surface area (Å²) in [5.74, 6) is -0.0332. The Morgan fingerprint density at radius 1 is 1.11 bits per heavy atom. The predicted octanol–water partition coefficient (Wildman–Crippen LogP) is 3.19. The lowest BCUT2D eigenvalue weighted by molar-refractivity contribution is -0.142. The number of alkyl halides is 3. The Balaban J connectivity index is 0.00000210. The maximum atomic E-state index is 13.3. The number of amides is 1. The third kappa shape index (κ3) is 3.68. The average molecular weight is 401 g/mol. The molecule has 1 aromatic carbocycles. The molecule has 9 heteroatoms. The van der Waals surface area contributed by atoms with E-state index in [4.69, 9.17) is 0 Å². The Labute approximate surface area is 160 Å². The van der Waals surface area contributed by atoms with E-state index >= 15 is 0 Å². The molecule has 0 atom stereocenters. The lowest BCUT2D eigenvalue weighted by Crippen LogP contribution is -2.27. The van der Waals surface area contributed by atoms with Gasteiger partial charge in [-0.1, -0.05) is 0 Å². The first kappa shape index (κ1) is 19.7. The van der Waals surface area contributed by atoms with E-state index in [9.17, 15) is 18.0 Å². The highest BCUT2D eigenvalue weighted by molar-refractivity contribution is 5.94. The van der Waals surface area contributed by atoms with Gasteiger partial charge >= 0.3 is 6.18 Å². The van der Waals surface area contributed by atoms with Crippen molar-refractivity contribution in [2.45, 2.75) is 32.0 Å². The number of likely N-dealkylation sites (tertiary alicyclic amines) is 1. The van der Waals surface area contributed by atoms with Gasteiger partial charge in [0.1, 0.15) is 0 Å². The number of carbonyl (C=O) groups is 1. The van der Waals surface area contributed by atoms with E-state index in [1.165, 1.54) is 4.68 Å². The van der Waals surface area contributed by atoms with Gasteiger partial charge in [0.15, 0.2) is 5.69 Å². The number of halogens is 4. The van der Waals surface area contributed by atoms with Crippen molar-refractivity contribution in [3.63, 3.8) is 0 Å². The second kappa shape index (κ2) is 7.52. The summed E-state index contributed by atoms with van der Waals surface area (Å²) >= 11 is 0. The van der Waals surface area contributed by atoms with Gasteiger partial charge in [0.05, 0.1) is 11.4 Å². The van der Waals surface area contributed by atoms with Gasteiger partial charge in [-0.2, -0.15) is 18.3 Å². The fourth-order valence-electron chi connectivity index (χ4n) is 3.64. The molecule has 5 nitrogen and oxygen atoms in total. The monoisotopic (exact) mass is 400 g/mol. The first-order chi connectivity index (χ1) is 12.4. The normalized spacial score (nSPS) is 16.8. The molecule has 1 aromatic heterocycles. The van der Waals surface area contributed by atoms with Crippen molar-refractivity contribution < 1.29 is 18.0 Å². The van der Waals surface area contributed by atoms with Crippen molar-refractivity contribution in [2.75, 3.05) is 19.6 Å². The minimum absolute atomic E-state index is 0. The van der Waals surface area contributed by atoms with Crippen LogP contribution >= 0.6 is 12.4 Å². The van der Waals surface area contributed by atoms with Crippen molar-refractivity contribution in [1.82, 2.24) is 20.0 Å². The van der Waals surface area contributed by atoms with Crippen LogP contribution in [0.3, 0.4) is 0 Å². The highest BCUT2D eigenvalue weighted by Crippen LogP contribution is 2.34. The van der Waals surface area contributed by atoms with E-state index < -0.39 is 11.9 Å². The minimum atomic E-state index is -4.47. The summed E-state index contributed by atoms with van der Waals surface area (Å²) in [7, 11) is 0. The van der Waals surface area contributed by atoms with Crippen LogP contribution in [-0.2, 0) is 19.1 Å². The Bertz CT molecular complexity index is 826. The number of carbonyl (C=O) groups excluding carboxylic acids is 1. The van der Waals surface area contributed by atoms with Crippen LogP contribution in [0.15, 0.2) is 24.3 Å². The third-order valence-corrected chi connectivity index (χ3v) is 4.95. The van der Waals surface area contributed by atoms with Crippen LogP contribution < -0.4 is 5.32 Å². The van der Waals surface area contributed by atoms with Crippen LogP contribution in [-0.4, -0.2) is 40.2 Å². The maximum absolute atomic E-state index is 13.3. The molecule has 4 rings (SSSR count). The summed E-state index contributed by atoms with van der Waals surface area (Å²) in [5, 5.41) is 6.94. The van der Waals surface area contributed by atoms with Gasteiger partial charge in [0, 0.05) is 30.8 Å². The summed E-state index contributed by atoms with van der Waals surface area (Å²) in [5.41, 5.74) is 1.05. The average Bonchev–Trinajstić information content (AvgIpc) is 3.29. The molecule has 2 aromatic rings. The van der Waals surface area contributed by atoms with E-state index in [1.807, 2.05) is 0 Å². The number of benzene rings is 1. The first-order valence-electron chi connectivity index (χ1n) is 8.73. The van der Waals surface area contributed by atoms with Crippen molar-refractivity contribution in [1.29, 1.82) is 0 Å². The van der Waals surface area contributed by atoms with E-state index in [-0.39, 0.29) is 23.9 Å². The van der Waals surface area contributed by atoms with Crippen LogP contribution in [0.2, 0.25) is 0 Å². The summed E-state index contributed by atoms with van der Waals surface area (Å²) in [6.07, 6.45) is -2.15. The van der Waals surface area contributed by atoms with Gasteiger partial charge in [0.2, 0.25) is 0 Å². The van der Waals surface area contributed by atoms with E-state index in [0.717, 1.165) is 25.9 Å². The molecule has 0 saturated carbocycles. The van der Waals surface area contributed by atoms with Crippen LogP contribution in [0.4, 0.5) is 13.2 Å². The lowest BCUT2D eigenvalue weighted by atomic mass is 10.1. The molecule has 27 heavy (non-hydrogen) atoms. The third-order valence-electron chi connectivity index (χ3n) is 4.95. The van der Waals surface area contributed by atoms with E-state index in [1.54, 1.807) is 29.2 Å². The summed E-state index contributed by atoms with van der Waals surface area (Å²) in [4.78, 5) is 14.2. The van der Waals surface area contributed by atoms with Crippen LogP contribution in [0.25, 0.3) is 5.69 Å². The molecule has 0 aliphatic carbocycles. The number of rotatable bonds is 2. The summed E-state index contributed by atoms with van der Waals surface area (Å²) in [6, 6.07) is 6.64. The second-order valence-electron chi connectivity index (χ2n) is 6.66. The van der Waals surface area contributed by atoms with Gasteiger partial charge in [0.25, 0.3) is 5.91 Å². The second-order valence-corrected chi connectivity index (χ2v) is 6.66. The van der Waals surface area contributed by atoms with Crippen molar-refractivity contribution >= 4 is 18.3 Å². The quantitative estimate of drug-likeness (QED) is 0.842. The predicted molar refractivity (Wildman–Crippen MR) is 96.4 cm³/mol. The molecule has 1 amide bonds. The smallest absolute Gasteiger partial charge is 0.339 e. The van der Waals surface area contributed by atoms with Gasteiger partial charge in [-0.15, -0.1) is 12.4 Å². The van der Waals surface area contributed by atoms with E-state index in [2.05, 4.69) is 10.4 Å². The number of aromatic nitrogens is 2. The molecule has 0 radical (unpaired) electrons. The van der Waals surface area contributed by atoms with Crippen LogP contribution in [0.1, 0.15) is 40.2 Å². The molecular formula is C18H20ClF3N4O. The number of hydrogen-bond donors (Lipinski definition) is 1. The molecule has 2 aliphatic rings. The summed E-state index contributed by atoms with van der Waals surface area (Å²) in [6.45, 7) is 2.36. The first-order valence-corrected chi connectivity index (χ1v) is 8.73. The Morgan fingerprint density at radius 2 is 1.78 bits per heavy atom. The topological polar surface area (TPSA) is 50.2 Å². The Hall–Kier alpha value is -2.06. The zero-order chi connectivity index (χ0) is 18.3. The van der Waals surface area contributed by atoms with Gasteiger partial charge in [-0.05, 0) is 50.1 Å². The molecule has 0 bridgehead atoms. The summed E-state index contributed by atoms with van der Waals surface area (Å²) < 4.78 is 41.2. The largest absolute Gasteiger partial charge is 0.435 e. The van der Waals surface area contributed by atoms with Gasteiger partial charge in [-0.3, -0.25) is 4.79 Å². The minimum Gasteiger partial charge on any atom is -0.339 e. The fourth-order valence-corrected chi connectivity index (χ4v) is 3.64. The zero-order valence-electron chi connectivity index (χ0n) is 14.6. The Morgan fingerprint density at radius 3 is 2.41 bits per heavy atom. The zero-order valence-corrected chi connectivity index (χ0v) is 15.4. The molecule has 146 valence electrons. The Kier molecular flexibility index (Phi) is 5.48. The van der Waals surface area contributed by atoms with Crippen molar-refractivity contribution in [3.05, 3.63) is 46.8 Å². The molecule has 3 heterocycles. The number of nitrogens with zero attached hydrogens (tertiary/aromatic N) is 3. The molecule has 1 saturated heterocycles. The van der Waals surface area contributed by atoms with Crippen molar-refractivity contribution in [2.24, 2.45) is 0 Å². The van der Waals surface area contributed by atoms with Crippen LogP contribution in [0, 0.1) is 0 Å². The van der Waals surface area contributed by atoms with E-state index in [0.29, 0.717) is 36.5 Å². The molecule has 0 spiro atoms. The van der Waals surface area contributed by atoms with Crippen molar-refractivity contribution in [3.8, 4) is 5.69 Å².